The van der Waals surface area contributed by atoms with E-state index in [4.69, 9.17) is 21.3 Å². The monoisotopic (exact) mass is 252 g/mol. The van der Waals surface area contributed by atoms with Crippen LogP contribution in [0.3, 0.4) is 0 Å². The lowest BCUT2D eigenvalue weighted by molar-refractivity contribution is -0.149. The summed E-state index contributed by atoms with van der Waals surface area (Å²) < 4.78 is 4.73. The number of nitrogens with two attached hydrogens (primary N) is 2. The van der Waals surface area contributed by atoms with Gasteiger partial charge in [0.1, 0.15) is 18.7 Å². The smallest absolute Gasteiger partial charge is 0.324 e. The van der Waals surface area contributed by atoms with E-state index in [2.05, 4.69) is 0 Å². The Morgan fingerprint density at radius 1 is 1.17 bits per heavy atom. The topological polar surface area (TPSA) is 116 Å². The first-order valence-electron chi connectivity index (χ1n) is 5.45. The molecule has 0 saturated carbocycles. The second-order valence-corrected chi connectivity index (χ2v) is 3.87. The summed E-state index contributed by atoms with van der Waals surface area (Å²) in [6.07, 6.45) is 0.335. The Hall–Kier alpha value is -1.92. The van der Waals surface area contributed by atoms with Gasteiger partial charge in [0.25, 0.3) is 0 Å². The fraction of sp³-hybridized carbons (Fsp3) is 0.333. The van der Waals surface area contributed by atoms with Gasteiger partial charge in [-0.15, -0.1) is 0 Å². The van der Waals surface area contributed by atoms with Crippen molar-refractivity contribution in [1.29, 1.82) is 0 Å². The van der Waals surface area contributed by atoms with Crippen LogP contribution in [-0.4, -0.2) is 35.7 Å². The molecule has 98 valence electrons. The van der Waals surface area contributed by atoms with Crippen LogP contribution in [0, 0.1) is 0 Å². The molecule has 1 aromatic carbocycles. The van der Waals surface area contributed by atoms with E-state index < -0.39 is 24.0 Å². The van der Waals surface area contributed by atoms with Gasteiger partial charge in [-0.1, -0.05) is 30.3 Å². The van der Waals surface area contributed by atoms with Crippen molar-refractivity contribution in [2.45, 2.75) is 18.5 Å². The van der Waals surface area contributed by atoms with Crippen LogP contribution in [0.5, 0.6) is 0 Å². The molecule has 0 radical (unpaired) electrons. The molecular weight excluding hydrogens is 236 g/mol. The predicted molar refractivity (Wildman–Crippen MR) is 64.7 cm³/mol. The van der Waals surface area contributed by atoms with Gasteiger partial charge in [0, 0.05) is 0 Å². The molecule has 0 aromatic heterocycles. The van der Waals surface area contributed by atoms with Crippen molar-refractivity contribution in [1.82, 2.24) is 0 Å². The van der Waals surface area contributed by atoms with Gasteiger partial charge < -0.3 is 21.3 Å². The van der Waals surface area contributed by atoms with Crippen molar-refractivity contribution in [2.24, 2.45) is 11.5 Å². The number of ether oxygens (including phenoxy) is 1. The van der Waals surface area contributed by atoms with Gasteiger partial charge in [-0.3, -0.25) is 9.59 Å². The molecule has 0 aliphatic rings. The Morgan fingerprint density at radius 3 is 2.33 bits per heavy atom. The molecule has 0 bridgehead atoms. The maximum Gasteiger partial charge on any atom is 0.324 e. The molecule has 0 amide bonds. The highest BCUT2D eigenvalue weighted by atomic mass is 16.5. The minimum Gasteiger partial charge on any atom is -0.480 e. The average molecular weight is 252 g/mol. The van der Waals surface area contributed by atoms with Crippen molar-refractivity contribution in [3.05, 3.63) is 35.9 Å². The summed E-state index contributed by atoms with van der Waals surface area (Å²) in [7, 11) is 0. The van der Waals surface area contributed by atoms with Crippen LogP contribution in [0.2, 0.25) is 0 Å². The maximum absolute atomic E-state index is 11.5. The van der Waals surface area contributed by atoms with Gasteiger partial charge in [0.05, 0.1) is 0 Å². The molecule has 1 rings (SSSR count). The number of aliphatic carboxylic acids is 1. The van der Waals surface area contributed by atoms with E-state index in [0.717, 1.165) is 5.56 Å². The first-order valence-corrected chi connectivity index (χ1v) is 5.45. The van der Waals surface area contributed by atoms with Gasteiger partial charge in [0.2, 0.25) is 0 Å². The fourth-order valence-corrected chi connectivity index (χ4v) is 1.30. The number of carboxylic acid groups (broad SMARTS) is 1. The van der Waals surface area contributed by atoms with E-state index in [1.165, 1.54) is 0 Å². The largest absolute Gasteiger partial charge is 0.480 e. The lowest BCUT2D eigenvalue weighted by Crippen LogP contribution is -2.40. The van der Waals surface area contributed by atoms with Crippen molar-refractivity contribution >= 4 is 11.9 Å². The second kappa shape index (κ2) is 6.73. The molecule has 0 spiro atoms. The zero-order chi connectivity index (χ0) is 13.5. The molecule has 0 aliphatic heterocycles. The molecule has 0 aliphatic carbocycles. The van der Waals surface area contributed by atoms with Gasteiger partial charge in [-0.05, 0) is 12.0 Å². The maximum atomic E-state index is 11.5. The van der Waals surface area contributed by atoms with Crippen LogP contribution in [0.25, 0.3) is 0 Å². The summed E-state index contributed by atoms with van der Waals surface area (Å²) in [4.78, 5) is 21.9. The van der Waals surface area contributed by atoms with E-state index in [1.54, 1.807) is 0 Å². The number of esters is 1. The third-order valence-corrected chi connectivity index (χ3v) is 2.32. The van der Waals surface area contributed by atoms with Gasteiger partial charge in [-0.25, -0.2) is 0 Å². The van der Waals surface area contributed by atoms with Crippen molar-refractivity contribution in [3.8, 4) is 0 Å². The first kappa shape index (κ1) is 14.1. The SMILES string of the molecule is N[C@@H](COC(=O)[C@@H](N)Cc1ccccc1)C(=O)O. The lowest BCUT2D eigenvalue weighted by atomic mass is 10.1. The summed E-state index contributed by atoms with van der Waals surface area (Å²) in [5.41, 5.74) is 11.8. The summed E-state index contributed by atoms with van der Waals surface area (Å²) >= 11 is 0. The Bertz CT molecular complexity index is 408. The first-order chi connectivity index (χ1) is 8.50. The molecule has 6 nitrogen and oxygen atoms in total. The number of hydrogen-bond donors (Lipinski definition) is 3. The number of benzene rings is 1. The van der Waals surface area contributed by atoms with E-state index >= 15 is 0 Å². The zero-order valence-corrected chi connectivity index (χ0v) is 9.78. The minimum atomic E-state index is -1.22. The van der Waals surface area contributed by atoms with Crippen LogP contribution >= 0.6 is 0 Å². The molecule has 6 heteroatoms. The van der Waals surface area contributed by atoms with E-state index in [1.807, 2.05) is 30.3 Å². The van der Waals surface area contributed by atoms with E-state index in [0.29, 0.717) is 6.42 Å². The van der Waals surface area contributed by atoms with Crippen LogP contribution < -0.4 is 11.5 Å². The van der Waals surface area contributed by atoms with Crippen molar-refractivity contribution in [3.63, 3.8) is 0 Å². The van der Waals surface area contributed by atoms with Gasteiger partial charge in [0.15, 0.2) is 0 Å². The third-order valence-electron chi connectivity index (χ3n) is 2.32. The van der Waals surface area contributed by atoms with Gasteiger partial charge in [-0.2, -0.15) is 0 Å². The Balaban J connectivity index is 2.40. The third kappa shape index (κ3) is 4.52. The van der Waals surface area contributed by atoms with Crippen LogP contribution in [0.15, 0.2) is 30.3 Å². The van der Waals surface area contributed by atoms with Gasteiger partial charge >= 0.3 is 11.9 Å². The highest BCUT2D eigenvalue weighted by molar-refractivity contribution is 5.77. The standard InChI is InChI=1S/C12H16N2O4/c13-9(6-8-4-2-1-3-5-8)12(17)18-7-10(14)11(15)16/h1-5,9-10H,6-7,13-14H2,(H,15,16)/t9-,10-/m0/s1. The number of rotatable bonds is 6. The highest BCUT2D eigenvalue weighted by Gasteiger charge is 2.19. The summed E-state index contributed by atoms with van der Waals surface area (Å²) in [6.45, 7) is -0.378. The summed E-state index contributed by atoms with van der Waals surface area (Å²) in [5, 5.41) is 8.52. The lowest BCUT2D eigenvalue weighted by Gasteiger charge is -2.13. The predicted octanol–water partition coefficient (Wildman–Crippen LogP) is -0.488. The zero-order valence-electron chi connectivity index (χ0n) is 9.78. The van der Waals surface area contributed by atoms with E-state index in [9.17, 15) is 9.59 Å². The molecule has 0 fully saturated rings. The normalized spacial score (nSPS) is 13.7. The molecule has 0 saturated heterocycles. The number of carboxylic acids is 1. The average Bonchev–Trinajstić information content (AvgIpc) is 2.36. The quantitative estimate of drug-likeness (QED) is 0.588. The van der Waals surface area contributed by atoms with Crippen molar-refractivity contribution in [2.75, 3.05) is 6.61 Å². The van der Waals surface area contributed by atoms with Crippen LogP contribution in [0.1, 0.15) is 5.56 Å². The molecule has 0 heterocycles. The van der Waals surface area contributed by atoms with Crippen molar-refractivity contribution < 1.29 is 19.4 Å². The Morgan fingerprint density at radius 2 is 1.78 bits per heavy atom. The fourth-order valence-electron chi connectivity index (χ4n) is 1.30. The molecule has 1 aromatic rings. The number of hydrogen-bond acceptors (Lipinski definition) is 5. The Labute approximate surface area is 105 Å². The second-order valence-electron chi connectivity index (χ2n) is 3.87. The van der Waals surface area contributed by atoms with Crippen LogP contribution in [0.4, 0.5) is 0 Å². The Kier molecular flexibility index (Phi) is 5.29. The molecule has 0 unspecified atom stereocenters. The summed E-state index contributed by atoms with van der Waals surface area (Å²) in [6, 6.07) is 7.18. The number of carbonyl (C=O) groups is 2. The molecular formula is C12H16N2O4. The van der Waals surface area contributed by atoms with Crippen LogP contribution in [-0.2, 0) is 20.7 Å². The molecule has 18 heavy (non-hydrogen) atoms. The minimum absolute atomic E-state index is 0.335. The number of carbonyl (C=O) groups excluding carboxylic acids is 1. The molecule has 5 N–H and O–H groups in total. The highest BCUT2D eigenvalue weighted by Crippen LogP contribution is 2.03. The summed E-state index contributed by atoms with van der Waals surface area (Å²) in [5.74, 6) is -1.88. The van der Waals surface area contributed by atoms with E-state index in [-0.39, 0.29) is 6.61 Å². The molecule has 2 atom stereocenters.